The number of halogens is 2. The fourth-order valence-electron chi connectivity index (χ4n) is 2.53. The highest BCUT2D eigenvalue weighted by atomic mass is 35.5. The number of rotatable bonds is 7. The molecule has 5 nitrogen and oxygen atoms in total. The molecular weight excluding hydrogens is 369 g/mol. The van der Waals surface area contributed by atoms with Crippen LogP contribution in [-0.2, 0) is 6.42 Å². The van der Waals surface area contributed by atoms with E-state index in [4.69, 9.17) is 23.2 Å². The highest BCUT2D eigenvalue weighted by Gasteiger charge is 2.07. The second-order valence-electron chi connectivity index (χ2n) is 5.85. The van der Waals surface area contributed by atoms with Gasteiger partial charge in [-0.3, -0.25) is 0 Å². The van der Waals surface area contributed by atoms with Crippen molar-refractivity contribution < 1.29 is 0 Å². The molecule has 26 heavy (non-hydrogen) atoms. The van der Waals surface area contributed by atoms with Crippen molar-refractivity contribution in [3.05, 3.63) is 75.9 Å². The van der Waals surface area contributed by atoms with Gasteiger partial charge >= 0.3 is 0 Å². The number of nitrogens with one attached hydrogen (secondary N) is 2. The lowest BCUT2D eigenvalue weighted by Gasteiger charge is -2.15. The van der Waals surface area contributed by atoms with Crippen LogP contribution in [0.25, 0.3) is 0 Å². The molecule has 1 atom stereocenters. The Kier molecular flexibility index (Phi) is 6.26. The van der Waals surface area contributed by atoms with Crippen LogP contribution in [0.5, 0.6) is 0 Å². The van der Waals surface area contributed by atoms with Gasteiger partial charge in [0.1, 0.15) is 0 Å². The summed E-state index contributed by atoms with van der Waals surface area (Å²) in [6.07, 6.45) is 2.35. The average molecular weight is 388 g/mol. The molecule has 2 N–H and O–H groups in total. The number of benzene rings is 2. The number of anilines is 2. The van der Waals surface area contributed by atoms with Gasteiger partial charge in [-0.1, -0.05) is 59.6 Å². The molecule has 0 amide bonds. The van der Waals surface area contributed by atoms with Gasteiger partial charge in [-0.15, -0.1) is 5.10 Å². The quantitative estimate of drug-likeness (QED) is 0.596. The van der Waals surface area contributed by atoms with Gasteiger partial charge in [-0.2, -0.15) is 10.1 Å². The van der Waals surface area contributed by atoms with E-state index >= 15 is 0 Å². The molecule has 3 rings (SSSR count). The first-order valence-corrected chi connectivity index (χ1v) is 9.06. The summed E-state index contributed by atoms with van der Waals surface area (Å²) in [5, 5.41) is 15.8. The van der Waals surface area contributed by atoms with Crippen LogP contribution in [0.3, 0.4) is 0 Å². The van der Waals surface area contributed by atoms with Gasteiger partial charge in [0.05, 0.1) is 6.20 Å². The third-order valence-electron chi connectivity index (χ3n) is 3.92. The third kappa shape index (κ3) is 5.07. The number of hydrogen-bond donors (Lipinski definition) is 2. The number of hydrogen-bond acceptors (Lipinski definition) is 5. The summed E-state index contributed by atoms with van der Waals surface area (Å²) in [6.45, 7) is 2.72. The van der Waals surface area contributed by atoms with E-state index in [-0.39, 0.29) is 6.04 Å². The molecule has 1 aromatic heterocycles. The van der Waals surface area contributed by atoms with Crippen LogP contribution >= 0.6 is 23.2 Å². The Labute approximate surface area is 162 Å². The van der Waals surface area contributed by atoms with Gasteiger partial charge in [0.15, 0.2) is 5.82 Å². The zero-order chi connectivity index (χ0) is 18.4. The van der Waals surface area contributed by atoms with Crippen LogP contribution in [0.4, 0.5) is 11.8 Å². The van der Waals surface area contributed by atoms with Gasteiger partial charge < -0.3 is 10.6 Å². The first kappa shape index (κ1) is 18.4. The standard InChI is InChI=1S/C19H19Cl2N5/c1-13(14-5-3-2-4-6-14)24-18-12-23-26-19(25-18)22-10-9-15-7-8-16(20)11-17(15)21/h2-8,11-13H,9-10H2,1H3,(H2,22,24,25,26). The second kappa shape index (κ2) is 8.83. The van der Waals surface area contributed by atoms with Gasteiger partial charge in [0.2, 0.25) is 5.95 Å². The summed E-state index contributed by atoms with van der Waals surface area (Å²) in [4.78, 5) is 4.46. The third-order valence-corrected chi connectivity index (χ3v) is 4.50. The molecule has 0 fully saturated rings. The molecular formula is C19H19Cl2N5. The van der Waals surface area contributed by atoms with E-state index in [0.717, 1.165) is 12.0 Å². The Balaban J connectivity index is 1.57. The smallest absolute Gasteiger partial charge is 0.244 e. The maximum absolute atomic E-state index is 6.19. The Morgan fingerprint density at radius 3 is 2.65 bits per heavy atom. The largest absolute Gasteiger partial charge is 0.362 e. The molecule has 1 unspecified atom stereocenters. The molecule has 0 spiro atoms. The van der Waals surface area contributed by atoms with Crippen molar-refractivity contribution in [2.24, 2.45) is 0 Å². The molecule has 0 saturated carbocycles. The van der Waals surface area contributed by atoms with Crippen molar-refractivity contribution in [1.82, 2.24) is 15.2 Å². The van der Waals surface area contributed by atoms with Crippen LogP contribution in [0.15, 0.2) is 54.7 Å². The highest BCUT2D eigenvalue weighted by molar-refractivity contribution is 6.35. The van der Waals surface area contributed by atoms with Crippen molar-refractivity contribution in [2.75, 3.05) is 17.2 Å². The number of aromatic nitrogens is 3. The lowest BCUT2D eigenvalue weighted by atomic mass is 10.1. The molecule has 134 valence electrons. The van der Waals surface area contributed by atoms with Gasteiger partial charge in [0, 0.05) is 22.6 Å². The summed E-state index contributed by atoms with van der Waals surface area (Å²) in [6, 6.07) is 15.8. The summed E-state index contributed by atoms with van der Waals surface area (Å²) >= 11 is 12.1. The number of nitrogens with zero attached hydrogens (tertiary/aromatic N) is 3. The first-order chi connectivity index (χ1) is 12.6. The summed E-state index contributed by atoms with van der Waals surface area (Å²) < 4.78 is 0. The minimum Gasteiger partial charge on any atom is -0.362 e. The van der Waals surface area contributed by atoms with Crippen molar-refractivity contribution in [3.8, 4) is 0 Å². The average Bonchev–Trinajstić information content (AvgIpc) is 2.64. The fourth-order valence-corrected chi connectivity index (χ4v) is 3.03. The van der Waals surface area contributed by atoms with Crippen LogP contribution in [0, 0.1) is 0 Å². The van der Waals surface area contributed by atoms with E-state index in [0.29, 0.717) is 28.4 Å². The SMILES string of the molecule is CC(Nc1cnnc(NCCc2ccc(Cl)cc2Cl)n1)c1ccccc1. The minimum atomic E-state index is 0.119. The van der Waals surface area contributed by atoms with E-state index < -0.39 is 0 Å². The summed E-state index contributed by atoms with van der Waals surface area (Å²) in [5.41, 5.74) is 2.20. The van der Waals surface area contributed by atoms with Gasteiger partial charge in [-0.05, 0) is 36.6 Å². The van der Waals surface area contributed by atoms with Gasteiger partial charge in [-0.25, -0.2) is 0 Å². The zero-order valence-electron chi connectivity index (χ0n) is 14.3. The molecule has 2 aromatic carbocycles. The van der Waals surface area contributed by atoms with Crippen LogP contribution in [0.1, 0.15) is 24.1 Å². The lowest BCUT2D eigenvalue weighted by molar-refractivity contribution is 0.855. The van der Waals surface area contributed by atoms with E-state index in [1.807, 2.05) is 30.3 Å². The Bertz CT molecular complexity index is 858. The van der Waals surface area contributed by atoms with Crippen LogP contribution in [0.2, 0.25) is 10.0 Å². The van der Waals surface area contributed by atoms with Gasteiger partial charge in [0.25, 0.3) is 0 Å². The molecule has 0 aliphatic carbocycles. The molecule has 0 saturated heterocycles. The Hall–Kier alpha value is -2.37. The molecule has 1 heterocycles. The molecule has 0 aliphatic heterocycles. The zero-order valence-corrected chi connectivity index (χ0v) is 15.8. The molecule has 0 aliphatic rings. The van der Waals surface area contributed by atoms with E-state index in [9.17, 15) is 0 Å². The molecule has 3 aromatic rings. The fraction of sp³-hybridized carbons (Fsp3) is 0.211. The predicted molar refractivity (Wildman–Crippen MR) is 107 cm³/mol. The first-order valence-electron chi connectivity index (χ1n) is 8.31. The lowest BCUT2D eigenvalue weighted by Crippen LogP contribution is -2.12. The molecule has 7 heteroatoms. The highest BCUT2D eigenvalue weighted by Crippen LogP contribution is 2.21. The maximum Gasteiger partial charge on any atom is 0.244 e. The predicted octanol–water partition coefficient (Wildman–Crippen LogP) is 5.01. The Morgan fingerprint density at radius 2 is 1.88 bits per heavy atom. The van der Waals surface area contributed by atoms with Crippen molar-refractivity contribution in [2.45, 2.75) is 19.4 Å². The van der Waals surface area contributed by atoms with Crippen molar-refractivity contribution in [1.29, 1.82) is 0 Å². The van der Waals surface area contributed by atoms with Crippen LogP contribution in [-0.4, -0.2) is 21.7 Å². The summed E-state index contributed by atoms with van der Waals surface area (Å²) in [5.74, 6) is 1.14. The Morgan fingerprint density at radius 1 is 1.08 bits per heavy atom. The normalized spacial score (nSPS) is 11.8. The van der Waals surface area contributed by atoms with E-state index in [1.165, 1.54) is 5.56 Å². The van der Waals surface area contributed by atoms with Crippen LogP contribution < -0.4 is 10.6 Å². The molecule has 0 radical (unpaired) electrons. The monoisotopic (exact) mass is 387 g/mol. The molecule has 0 bridgehead atoms. The second-order valence-corrected chi connectivity index (χ2v) is 6.70. The summed E-state index contributed by atoms with van der Waals surface area (Å²) in [7, 11) is 0. The van der Waals surface area contributed by atoms with Crippen molar-refractivity contribution >= 4 is 35.0 Å². The maximum atomic E-state index is 6.19. The van der Waals surface area contributed by atoms with E-state index in [1.54, 1.807) is 12.3 Å². The minimum absolute atomic E-state index is 0.119. The topological polar surface area (TPSA) is 62.7 Å². The van der Waals surface area contributed by atoms with Crippen molar-refractivity contribution in [3.63, 3.8) is 0 Å². The van der Waals surface area contributed by atoms with E-state index in [2.05, 4.69) is 44.9 Å².